The van der Waals surface area contributed by atoms with Gasteiger partial charge in [-0.3, -0.25) is 9.59 Å². The van der Waals surface area contributed by atoms with Gasteiger partial charge in [0.25, 0.3) is 5.91 Å². The van der Waals surface area contributed by atoms with Gasteiger partial charge in [-0.15, -0.1) is 0 Å². The van der Waals surface area contributed by atoms with Crippen molar-refractivity contribution in [3.8, 4) is 0 Å². The molecule has 1 aliphatic rings. The lowest BCUT2D eigenvalue weighted by molar-refractivity contribution is -0.150. The maximum atomic E-state index is 12.4. The highest BCUT2D eigenvalue weighted by Crippen LogP contribution is 2.23. The number of benzene rings is 1. The van der Waals surface area contributed by atoms with Crippen molar-refractivity contribution in [2.24, 2.45) is 5.92 Å². The van der Waals surface area contributed by atoms with E-state index in [1.54, 1.807) is 29.2 Å². The third kappa shape index (κ3) is 4.23. The Morgan fingerprint density at radius 2 is 1.95 bits per heavy atom. The monoisotopic (exact) mass is 323 g/mol. The van der Waals surface area contributed by atoms with Gasteiger partial charge in [-0.2, -0.15) is 0 Å². The molecule has 0 atom stereocenters. The molecule has 0 unspecified atom stereocenters. The van der Waals surface area contributed by atoms with Crippen molar-refractivity contribution in [1.82, 2.24) is 4.90 Å². The van der Waals surface area contributed by atoms with Crippen molar-refractivity contribution >= 4 is 23.5 Å². The Morgan fingerprint density at radius 3 is 2.59 bits per heavy atom. The number of likely N-dealkylation sites (tertiary alicyclic amines) is 1. The second-order valence-electron chi connectivity index (χ2n) is 5.57. The largest absolute Gasteiger partial charge is 0.465 e. The van der Waals surface area contributed by atoms with E-state index >= 15 is 0 Å². The van der Waals surface area contributed by atoms with Gasteiger partial charge in [-0.25, -0.2) is 0 Å². The number of carbonyl (C=O) groups excluding carboxylic acids is 2. The predicted octanol–water partition coefficient (Wildman–Crippen LogP) is 3.54. The van der Waals surface area contributed by atoms with E-state index < -0.39 is 0 Å². The molecule has 22 heavy (non-hydrogen) atoms. The third-order valence-electron chi connectivity index (χ3n) is 3.96. The molecule has 0 aliphatic carbocycles. The van der Waals surface area contributed by atoms with E-state index in [2.05, 4.69) is 6.92 Å². The van der Waals surface area contributed by atoms with E-state index in [1.165, 1.54) is 0 Å². The first kappa shape index (κ1) is 16.8. The number of ether oxygens (including phenoxy) is 1. The second-order valence-corrected chi connectivity index (χ2v) is 5.97. The SMILES string of the molecule is CCCCOC(=O)C1CCN(C(=O)c2ccccc2Cl)CC1. The average Bonchev–Trinajstić information content (AvgIpc) is 2.55. The molecular formula is C17H22ClNO3. The first-order chi connectivity index (χ1) is 10.6. The summed E-state index contributed by atoms with van der Waals surface area (Å²) in [5, 5.41) is 0.466. The molecule has 2 rings (SSSR count). The quantitative estimate of drug-likeness (QED) is 0.615. The number of amides is 1. The maximum absolute atomic E-state index is 12.4. The fourth-order valence-electron chi connectivity index (χ4n) is 2.56. The molecule has 1 amide bonds. The molecule has 1 fully saturated rings. The number of halogens is 1. The van der Waals surface area contributed by atoms with E-state index in [4.69, 9.17) is 16.3 Å². The molecule has 1 aromatic rings. The molecule has 120 valence electrons. The van der Waals surface area contributed by atoms with Gasteiger partial charge < -0.3 is 9.64 Å². The van der Waals surface area contributed by atoms with Crippen LogP contribution in [0.3, 0.4) is 0 Å². The fourth-order valence-corrected chi connectivity index (χ4v) is 2.77. The normalized spacial score (nSPS) is 15.6. The van der Waals surface area contributed by atoms with Crippen LogP contribution in [0.25, 0.3) is 0 Å². The number of piperidine rings is 1. The van der Waals surface area contributed by atoms with Crippen molar-refractivity contribution in [1.29, 1.82) is 0 Å². The van der Waals surface area contributed by atoms with Crippen LogP contribution in [0.15, 0.2) is 24.3 Å². The Balaban J connectivity index is 1.85. The number of carbonyl (C=O) groups is 2. The van der Waals surface area contributed by atoms with E-state index in [1.807, 2.05) is 0 Å². The summed E-state index contributed by atoms with van der Waals surface area (Å²) in [6.45, 7) is 3.69. The van der Waals surface area contributed by atoms with Gasteiger partial charge in [-0.1, -0.05) is 37.1 Å². The summed E-state index contributed by atoms with van der Waals surface area (Å²) >= 11 is 6.07. The molecule has 4 nitrogen and oxygen atoms in total. The molecule has 0 N–H and O–H groups in total. The summed E-state index contributed by atoms with van der Waals surface area (Å²) in [7, 11) is 0. The van der Waals surface area contributed by atoms with Crippen molar-refractivity contribution < 1.29 is 14.3 Å². The third-order valence-corrected chi connectivity index (χ3v) is 4.29. The Labute approximate surface area is 136 Å². The van der Waals surface area contributed by atoms with Gasteiger partial charge in [0.05, 0.1) is 23.1 Å². The maximum Gasteiger partial charge on any atom is 0.309 e. The number of nitrogens with zero attached hydrogens (tertiary/aromatic N) is 1. The Hall–Kier alpha value is -1.55. The van der Waals surface area contributed by atoms with E-state index in [-0.39, 0.29) is 17.8 Å². The van der Waals surface area contributed by atoms with E-state index in [0.29, 0.717) is 43.1 Å². The lowest BCUT2D eigenvalue weighted by Crippen LogP contribution is -2.40. The molecule has 0 saturated carbocycles. The van der Waals surface area contributed by atoms with Crippen LogP contribution in [0.2, 0.25) is 5.02 Å². The summed E-state index contributed by atoms with van der Waals surface area (Å²) in [6, 6.07) is 7.05. The zero-order valence-corrected chi connectivity index (χ0v) is 13.6. The molecule has 1 aromatic carbocycles. The van der Waals surface area contributed by atoms with Crippen LogP contribution in [-0.2, 0) is 9.53 Å². The lowest BCUT2D eigenvalue weighted by atomic mass is 9.96. The number of esters is 1. The summed E-state index contributed by atoms with van der Waals surface area (Å²) in [6.07, 6.45) is 3.22. The van der Waals surface area contributed by atoms with Crippen molar-refractivity contribution in [3.05, 3.63) is 34.9 Å². The van der Waals surface area contributed by atoms with Gasteiger partial charge in [0, 0.05) is 13.1 Å². The van der Waals surface area contributed by atoms with Crippen LogP contribution >= 0.6 is 11.6 Å². The minimum Gasteiger partial charge on any atom is -0.465 e. The van der Waals surface area contributed by atoms with Crippen LogP contribution in [0.5, 0.6) is 0 Å². The Morgan fingerprint density at radius 1 is 1.27 bits per heavy atom. The predicted molar refractivity (Wildman–Crippen MR) is 85.9 cm³/mol. The molecule has 0 bridgehead atoms. The summed E-state index contributed by atoms with van der Waals surface area (Å²) < 4.78 is 5.26. The van der Waals surface area contributed by atoms with Crippen LogP contribution < -0.4 is 0 Å². The highest BCUT2D eigenvalue weighted by molar-refractivity contribution is 6.33. The number of hydrogen-bond donors (Lipinski definition) is 0. The molecular weight excluding hydrogens is 302 g/mol. The molecule has 5 heteroatoms. The zero-order valence-electron chi connectivity index (χ0n) is 12.9. The van der Waals surface area contributed by atoms with Crippen LogP contribution in [-0.4, -0.2) is 36.5 Å². The molecule has 0 radical (unpaired) electrons. The van der Waals surface area contributed by atoms with Crippen LogP contribution in [0, 0.1) is 5.92 Å². The van der Waals surface area contributed by atoms with Gasteiger partial charge in [0.2, 0.25) is 0 Å². The van der Waals surface area contributed by atoms with Gasteiger partial charge >= 0.3 is 5.97 Å². The molecule has 1 aliphatic heterocycles. The van der Waals surface area contributed by atoms with Crippen LogP contribution in [0.1, 0.15) is 43.0 Å². The summed E-state index contributed by atoms with van der Waals surface area (Å²) in [5.74, 6) is -0.283. The molecule has 1 heterocycles. The van der Waals surface area contributed by atoms with Gasteiger partial charge in [0.15, 0.2) is 0 Å². The Bertz CT molecular complexity index is 524. The first-order valence-electron chi connectivity index (χ1n) is 7.84. The minimum atomic E-state index is -0.127. The minimum absolute atomic E-state index is 0.0663. The lowest BCUT2D eigenvalue weighted by Gasteiger charge is -2.31. The van der Waals surface area contributed by atoms with E-state index in [9.17, 15) is 9.59 Å². The van der Waals surface area contributed by atoms with Gasteiger partial charge in [-0.05, 0) is 31.4 Å². The number of hydrogen-bond acceptors (Lipinski definition) is 3. The number of rotatable bonds is 5. The van der Waals surface area contributed by atoms with E-state index in [0.717, 1.165) is 12.8 Å². The molecule has 0 spiro atoms. The van der Waals surface area contributed by atoms with Crippen molar-refractivity contribution in [2.75, 3.05) is 19.7 Å². The highest BCUT2D eigenvalue weighted by Gasteiger charge is 2.29. The first-order valence-corrected chi connectivity index (χ1v) is 8.21. The standard InChI is InChI=1S/C17H22ClNO3/c1-2-3-12-22-17(21)13-8-10-19(11-9-13)16(20)14-6-4-5-7-15(14)18/h4-7,13H,2-3,8-12H2,1H3. The average molecular weight is 324 g/mol. The zero-order chi connectivity index (χ0) is 15.9. The second kappa shape index (κ2) is 8.18. The summed E-state index contributed by atoms with van der Waals surface area (Å²) in [5.41, 5.74) is 0.521. The topological polar surface area (TPSA) is 46.6 Å². The molecule has 1 saturated heterocycles. The Kier molecular flexibility index (Phi) is 6.25. The van der Waals surface area contributed by atoms with Crippen LogP contribution in [0.4, 0.5) is 0 Å². The highest BCUT2D eigenvalue weighted by atomic mass is 35.5. The summed E-state index contributed by atoms with van der Waals surface area (Å²) in [4.78, 5) is 26.1. The smallest absolute Gasteiger partial charge is 0.309 e. The van der Waals surface area contributed by atoms with Crippen molar-refractivity contribution in [2.45, 2.75) is 32.6 Å². The van der Waals surface area contributed by atoms with Crippen molar-refractivity contribution in [3.63, 3.8) is 0 Å². The van der Waals surface area contributed by atoms with Gasteiger partial charge in [0.1, 0.15) is 0 Å². The fraction of sp³-hybridized carbons (Fsp3) is 0.529. The molecule has 0 aromatic heterocycles. The number of unbranched alkanes of at least 4 members (excludes halogenated alkanes) is 1.